The highest BCUT2D eigenvalue weighted by molar-refractivity contribution is 9.10. The molecule has 8 heteroatoms. The van der Waals surface area contributed by atoms with Crippen molar-refractivity contribution in [2.45, 2.75) is 13.8 Å². The van der Waals surface area contributed by atoms with Gasteiger partial charge in [-0.1, -0.05) is 40.2 Å². The number of aryl methyl sites for hydroxylation is 1. The molecule has 0 aliphatic rings. The minimum Gasteiger partial charge on any atom is -0.490 e. The number of amides is 1. The average Bonchev–Trinajstić information content (AvgIpc) is 3.26. The lowest BCUT2D eigenvalue weighted by molar-refractivity contribution is -0.118. The summed E-state index contributed by atoms with van der Waals surface area (Å²) in [6.45, 7) is 4.09. The largest absolute Gasteiger partial charge is 0.490 e. The normalized spacial score (nSPS) is 11.2. The SMILES string of the molecule is CCOc1cc(/C=C(/C#N)c2nc3ccc(C)cc3[nH]2)c(Br)cc1OCC(=O)Nc1ccccc1. The molecule has 1 amide bonds. The van der Waals surface area contributed by atoms with Gasteiger partial charge in [-0.3, -0.25) is 4.79 Å². The Balaban J connectivity index is 1.58. The summed E-state index contributed by atoms with van der Waals surface area (Å²) in [5, 5.41) is 12.6. The van der Waals surface area contributed by atoms with Crippen molar-refractivity contribution in [1.29, 1.82) is 5.26 Å². The number of benzene rings is 3. The van der Waals surface area contributed by atoms with Crippen LogP contribution in [0.3, 0.4) is 0 Å². The average molecular weight is 531 g/mol. The molecule has 1 aromatic heterocycles. The highest BCUT2D eigenvalue weighted by Gasteiger charge is 2.14. The Hall–Kier alpha value is -4.09. The summed E-state index contributed by atoms with van der Waals surface area (Å²) < 4.78 is 12.2. The lowest BCUT2D eigenvalue weighted by Gasteiger charge is -2.14. The van der Waals surface area contributed by atoms with E-state index in [4.69, 9.17) is 9.47 Å². The monoisotopic (exact) mass is 530 g/mol. The third-order valence-corrected chi connectivity index (χ3v) is 5.78. The van der Waals surface area contributed by atoms with Gasteiger partial charge in [-0.2, -0.15) is 5.26 Å². The third-order valence-electron chi connectivity index (χ3n) is 5.09. The van der Waals surface area contributed by atoms with Gasteiger partial charge in [0.25, 0.3) is 5.91 Å². The van der Waals surface area contributed by atoms with Gasteiger partial charge >= 0.3 is 0 Å². The minimum atomic E-state index is -0.286. The number of allylic oxidation sites excluding steroid dienone is 1. The molecule has 176 valence electrons. The summed E-state index contributed by atoms with van der Waals surface area (Å²) in [4.78, 5) is 20.1. The van der Waals surface area contributed by atoms with Crippen LogP contribution in [-0.2, 0) is 4.79 Å². The molecule has 3 aromatic carbocycles. The van der Waals surface area contributed by atoms with Gasteiger partial charge in [0.15, 0.2) is 18.1 Å². The number of nitrogens with one attached hydrogen (secondary N) is 2. The van der Waals surface area contributed by atoms with Crippen LogP contribution in [-0.4, -0.2) is 29.1 Å². The van der Waals surface area contributed by atoms with Crippen LogP contribution in [0.1, 0.15) is 23.9 Å². The number of aromatic nitrogens is 2. The maximum atomic E-state index is 12.3. The molecule has 0 saturated carbocycles. The van der Waals surface area contributed by atoms with Gasteiger partial charge in [-0.15, -0.1) is 0 Å². The number of rotatable bonds is 8. The number of carbonyl (C=O) groups is 1. The van der Waals surface area contributed by atoms with Crippen molar-refractivity contribution < 1.29 is 14.3 Å². The fourth-order valence-electron chi connectivity index (χ4n) is 3.46. The molecule has 4 rings (SSSR count). The fourth-order valence-corrected chi connectivity index (χ4v) is 3.90. The summed E-state index contributed by atoms with van der Waals surface area (Å²) >= 11 is 3.55. The van der Waals surface area contributed by atoms with Gasteiger partial charge in [0, 0.05) is 10.2 Å². The molecule has 7 nitrogen and oxygen atoms in total. The summed E-state index contributed by atoms with van der Waals surface area (Å²) in [6, 6.07) is 20.8. The number of aromatic amines is 1. The number of imidazole rings is 1. The number of halogens is 1. The molecule has 35 heavy (non-hydrogen) atoms. The molecule has 0 bridgehead atoms. The van der Waals surface area contributed by atoms with E-state index in [1.165, 1.54) is 0 Å². The van der Waals surface area contributed by atoms with E-state index in [9.17, 15) is 10.1 Å². The van der Waals surface area contributed by atoms with Gasteiger partial charge < -0.3 is 19.8 Å². The highest BCUT2D eigenvalue weighted by atomic mass is 79.9. The van der Waals surface area contributed by atoms with Crippen molar-refractivity contribution in [2.75, 3.05) is 18.5 Å². The second kappa shape index (κ2) is 10.9. The van der Waals surface area contributed by atoms with E-state index >= 15 is 0 Å². The van der Waals surface area contributed by atoms with E-state index in [-0.39, 0.29) is 12.5 Å². The number of H-pyrrole nitrogens is 1. The lowest BCUT2D eigenvalue weighted by atomic mass is 10.1. The Morgan fingerprint density at radius 1 is 1.14 bits per heavy atom. The Morgan fingerprint density at radius 3 is 2.66 bits per heavy atom. The number of nitrogens with zero attached hydrogens (tertiary/aromatic N) is 2. The Labute approximate surface area is 211 Å². The molecule has 2 N–H and O–H groups in total. The first-order valence-electron chi connectivity index (χ1n) is 11.0. The van der Waals surface area contributed by atoms with Crippen molar-refractivity contribution in [3.05, 3.63) is 82.1 Å². The van der Waals surface area contributed by atoms with Crippen LogP contribution >= 0.6 is 15.9 Å². The van der Waals surface area contributed by atoms with Crippen LogP contribution in [0.25, 0.3) is 22.7 Å². The molecule has 0 aliphatic heterocycles. The predicted molar refractivity (Wildman–Crippen MR) is 140 cm³/mol. The molecule has 0 spiro atoms. The first-order valence-corrected chi connectivity index (χ1v) is 11.8. The van der Waals surface area contributed by atoms with Crippen molar-refractivity contribution in [1.82, 2.24) is 9.97 Å². The topological polar surface area (TPSA) is 100 Å². The Morgan fingerprint density at radius 2 is 1.91 bits per heavy atom. The van der Waals surface area contributed by atoms with Gasteiger partial charge in [0.05, 0.1) is 23.2 Å². The van der Waals surface area contributed by atoms with Crippen molar-refractivity contribution in [3.63, 3.8) is 0 Å². The zero-order valence-corrected chi connectivity index (χ0v) is 20.8. The van der Waals surface area contributed by atoms with Gasteiger partial charge in [-0.05, 0) is 67.4 Å². The molecule has 0 aliphatic carbocycles. The molecular formula is C27H23BrN4O3. The molecule has 0 fully saturated rings. The maximum Gasteiger partial charge on any atom is 0.262 e. The zero-order valence-electron chi connectivity index (χ0n) is 19.3. The van der Waals surface area contributed by atoms with E-state index in [2.05, 4.69) is 37.3 Å². The van der Waals surface area contributed by atoms with Gasteiger partial charge in [-0.25, -0.2) is 4.98 Å². The first kappa shape index (κ1) is 24.0. The lowest BCUT2D eigenvalue weighted by Crippen LogP contribution is -2.20. The number of ether oxygens (including phenoxy) is 2. The number of hydrogen-bond acceptors (Lipinski definition) is 5. The van der Waals surface area contributed by atoms with Gasteiger partial charge in [0.1, 0.15) is 11.9 Å². The van der Waals surface area contributed by atoms with E-state index < -0.39 is 0 Å². The van der Waals surface area contributed by atoms with Crippen LogP contribution in [0.4, 0.5) is 5.69 Å². The highest BCUT2D eigenvalue weighted by Crippen LogP contribution is 2.35. The Kier molecular flexibility index (Phi) is 7.48. The maximum absolute atomic E-state index is 12.3. The summed E-state index contributed by atoms with van der Waals surface area (Å²) in [6.07, 6.45) is 1.73. The second-order valence-electron chi connectivity index (χ2n) is 7.73. The number of hydrogen-bond donors (Lipinski definition) is 2. The minimum absolute atomic E-state index is 0.182. The zero-order chi connectivity index (χ0) is 24.8. The number of anilines is 1. The standard InChI is InChI=1S/C27H23BrN4O3/c1-3-34-24-13-18(12-19(15-29)27-31-22-10-9-17(2)11-23(22)32-27)21(28)14-25(24)35-16-26(33)30-20-7-5-4-6-8-20/h4-14H,3,16H2,1-2H3,(H,30,33)(H,31,32)/b19-12-. The van der Waals surface area contributed by atoms with Crippen LogP contribution < -0.4 is 14.8 Å². The van der Waals surface area contributed by atoms with E-state index in [0.717, 1.165) is 16.6 Å². The molecule has 0 atom stereocenters. The number of para-hydroxylation sites is 1. The van der Waals surface area contributed by atoms with Crippen molar-refractivity contribution in [3.8, 4) is 17.6 Å². The van der Waals surface area contributed by atoms with Crippen molar-refractivity contribution in [2.24, 2.45) is 0 Å². The van der Waals surface area contributed by atoms with Crippen molar-refractivity contribution >= 4 is 50.2 Å². The fraction of sp³-hybridized carbons (Fsp3) is 0.148. The van der Waals surface area contributed by atoms with Crippen LogP contribution in [0, 0.1) is 18.3 Å². The van der Waals surface area contributed by atoms with Crippen LogP contribution in [0.15, 0.2) is 65.1 Å². The van der Waals surface area contributed by atoms with Crippen LogP contribution in [0.2, 0.25) is 0 Å². The quantitative estimate of drug-likeness (QED) is 0.267. The predicted octanol–water partition coefficient (Wildman–Crippen LogP) is 6.11. The van der Waals surface area contributed by atoms with Gasteiger partial charge in [0.2, 0.25) is 0 Å². The molecule has 4 aromatic rings. The number of carbonyl (C=O) groups excluding carboxylic acids is 1. The van der Waals surface area contributed by atoms with E-state index in [1.54, 1.807) is 30.3 Å². The number of fused-ring (bicyclic) bond motifs is 1. The summed E-state index contributed by atoms with van der Waals surface area (Å²) in [5.41, 5.74) is 4.54. The first-order chi connectivity index (χ1) is 17.0. The summed E-state index contributed by atoms with van der Waals surface area (Å²) in [5.74, 6) is 1.07. The Bertz CT molecular complexity index is 1440. The van der Waals surface area contributed by atoms with E-state index in [1.807, 2.05) is 50.2 Å². The van der Waals surface area contributed by atoms with E-state index in [0.29, 0.717) is 45.2 Å². The molecule has 0 radical (unpaired) electrons. The molecule has 0 unspecified atom stereocenters. The second-order valence-corrected chi connectivity index (χ2v) is 8.59. The smallest absolute Gasteiger partial charge is 0.262 e. The molecule has 0 saturated heterocycles. The third kappa shape index (κ3) is 5.89. The number of nitriles is 1. The molecule has 1 heterocycles. The van der Waals surface area contributed by atoms with Crippen LogP contribution in [0.5, 0.6) is 11.5 Å². The summed E-state index contributed by atoms with van der Waals surface area (Å²) in [7, 11) is 0. The molecular weight excluding hydrogens is 508 g/mol.